The number of nitrogens with zero attached hydrogens (tertiary/aromatic N) is 3. The molecule has 0 aliphatic carbocycles. The first-order valence-electron chi connectivity index (χ1n) is 5.62. The summed E-state index contributed by atoms with van der Waals surface area (Å²) in [5, 5.41) is 12.6. The van der Waals surface area contributed by atoms with Crippen LogP contribution in [0.25, 0.3) is 0 Å². The fraction of sp³-hybridized carbons (Fsp3) is 0.182. The van der Waals surface area contributed by atoms with Crippen LogP contribution in [0.3, 0.4) is 0 Å². The predicted octanol–water partition coefficient (Wildman–Crippen LogP) is 0.762. The van der Waals surface area contributed by atoms with E-state index in [4.69, 9.17) is 5.11 Å². The maximum absolute atomic E-state index is 13.7. The molecule has 0 aliphatic rings. The normalized spacial score (nSPS) is 11.4. The smallest absolute Gasteiger partial charge is 0.335 e. The van der Waals surface area contributed by atoms with Crippen LogP contribution < -0.4 is 4.72 Å². The number of hydrogen-bond donors (Lipinski definition) is 2. The second-order valence-corrected chi connectivity index (χ2v) is 5.85. The van der Waals surface area contributed by atoms with Crippen LogP contribution in [-0.2, 0) is 17.1 Å². The number of halogens is 1. The fourth-order valence-corrected chi connectivity index (χ4v) is 2.94. The van der Waals surface area contributed by atoms with E-state index in [2.05, 4.69) is 14.8 Å². The molecule has 112 valence electrons. The van der Waals surface area contributed by atoms with Crippen LogP contribution >= 0.6 is 0 Å². The molecule has 0 spiro atoms. The van der Waals surface area contributed by atoms with Crippen LogP contribution in [0, 0.1) is 12.7 Å². The summed E-state index contributed by atoms with van der Waals surface area (Å²) in [5.41, 5.74) is -0.647. The molecule has 0 amide bonds. The van der Waals surface area contributed by atoms with E-state index in [0.717, 1.165) is 18.5 Å². The first-order valence-corrected chi connectivity index (χ1v) is 7.11. The molecule has 2 N–H and O–H groups in total. The highest BCUT2D eigenvalue weighted by molar-refractivity contribution is 7.92. The Morgan fingerprint density at radius 1 is 1.43 bits per heavy atom. The molecule has 0 unspecified atom stereocenters. The van der Waals surface area contributed by atoms with Crippen LogP contribution in [0.2, 0.25) is 0 Å². The van der Waals surface area contributed by atoms with Gasteiger partial charge in [0, 0.05) is 12.6 Å². The third-order valence-corrected chi connectivity index (χ3v) is 4.22. The summed E-state index contributed by atoms with van der Waals surface area (Å²) >= 11 is 0. The number of sulfonamides is 1. The zero-order chi connectivity index (χ0) is 15.8. The first kappa shape index (κ1) is 14.9. The Balaban J connectivity index is 2.54. The van der Waals surface area contributed by atoms with Gasteiger partial charge in [-0.1, -0.05) is 0 Å². The molecular formula is C11H11FN4O4S. The van der Waals surface area contributed by atoms with Gasteiger partial charge in [0.05, 0.1) is 10.5 Å². The minimum atomic E-state index is -4.19. The lowest BCUT2D eigenvalue weighted by atomic mass is 10.1. The number of aromatic carboxylic acids is 1. The molecule has 0 saturated heterocycles. The number of rotatable bonds is 4. The zero-order valence-electron chi connectivity index (χ0n) is 11.0. The molecule has 1 heterocycles. The van der Waals surface area contributed by atoms with E-state index in [1.165, 1.54) is 18.7 Å². The molecule has 2 rings (SSSR count). The van der Waals surface area contributed by atoms with Gasteiger partial charge in [0.15, 0.2) is 0 Å². The maximum atomic E-state index is 13.7. The molecule has 0 atom stereocenters. The molecule has 0 radical (unpaired) electrons. The van der Waals surface area contributed by atoms with E-state index < -0.39 is 32.3 Å². The summed E-state index contributed by atoms with van der Waals surface area (Å²) in [7, 11) is -2.73. The summed E-state index contributed by atoms with van der Waals surface area (Å²) in [6.07, 6.45) is 1.14. The van der Waals surface area contributed by atoms with Crippen molar-refractivity contribution in [2.45, 2.75) is 11.8 Å². The highest BCUT2D eigenvalue weighted by Crippen LogP contribution is 2.22. The summed E-state index contributed by atoms with van der Waals surface area (Å²) < 4.78 is 41.5. The first-order chi connectivity index (χ1) is 9.72. The standard InChI is InChI=1S/C11H11FN4O4S/c1-6-8(12)3-7(10(17)18)4-9(6)21(19,20)15-11-13-5-14-16(11)2/h3-5H,1-2H3,(H,17,18)(H,13,14,15). The second-order valence-electron chi connectivity index (χ2n) is 4.20. The molecule has 0 fully saturated rings. The van der Waals surface area contributed by atoms with E-state index in [1.807, 2.05) is 0 Å². The number of nitrogens with one attached hydrogen (secondary N) is 1. The van der Waals surface area contributed by atoms with Gasteiger partial charge in [-0.05, 0) is 19.1 Å². The summed E-state index contributed by atoms with van der Waals surface area (Å²) in [6.45, 7) is 1.24. The molecular weight excluding hydrogens is 303 g/mol. The number of carbonyl (C=O) groups is 1. The van der Waals surface area contributed by atoms with E-state index in [-0.39, 0.29) is 11.5 Å². The van der Waals surface area contributed by atoms with Crippen LogP contribution in [-0.4, -0.2) is 34.3 Å². The Bertz CT molecular complexity index is 816. The van der Waals surface area contributed by atoms with Crippen molar-refractivity contribution in [3.8, 4) is 0 Å². The monoisotopic (exact) mass is 314 g/mol. The predicted molar refractivity (Wildman–Crippen MR) is 69.9 cm³/mol. The molecule has 0 bridgehead atoms. The third-order valence-electron chi connectivity index (χ3n) is 2.77. The minimum Gasteiger partial charge on any atom is -0.478 e. The van der Waals surface area contributed by atoms with Gasteiger partial charge in [-0.15, -0.1) is 0 Å². The molecule has 8 nitrogen and oxygen atoms in total. The van der Waals surface area contributed by atoms with Gasteiger partial charge in [-0.2, -0.15) is 10.1 Å². The van der Waals surface area contributed by atoms with Gasteiger partial charge in [0.1, 0.15) is 12.1 Å². The lowest BCUT2D eigenvalue weighted by Gasteiger charge is -2.11. The van der Waals surface area contributed by atoms with Gasteiger partial charge in [-0.3, -0.25) is 0 Å². The third kappa shape index (κ3) is 2.84. The van der Waals surface area contributed by atoms with Crippen LogP contribution in [0.15, 0.2) is 23.4 Å². The Hall–Kier alpha value is -2.49. The quantitative estimate of drug-likeness (QED) is 0.861. The molecule has 2 aromatic rings. The number of carboxylic acid groups (broad SMARTS) is 1. The van der Waals surface area contributed by atoms with Gasteiger partial charge in [0.2, 0.25) is 5.95 Å². The largest absolute Gasteiger partial charge is 0.478 e. The summed E-state index contributed by atoms with van der Waals surface area (Å²) in [5.74, 6) is -2.42. The van der Waals surface area contributed by atoms with Crippen molar-refractivity contribution in [1.29, 1.82) is 0 Å². The van der Waals surface area contributed by atoms with E-state index in [0.29, 0.717) is 0 Å². The summed E-state index contributed by atoms with van der Waals surface area (Å²) in [4.78, 5) is 14.1. The minimum absolute atomic E-state index is 0.0736. The Kier molecular flexibility index (Phi) is 3.64. The molecule has 10 heteroatoms. The topological polar surface area (TPSA) is 114 Å². The van der Waals surface area contributed by atoms with Crippen molar-refractivity contribution in [2.75, 3.05) is 4.72 Å². The number of benzene rings is 1. The number of anilines is 1. The number of carboxylic acids is 1. The Morgan fingerprint density at radius 3 is 2.62 bits per heavy atom. The average molecular weight is 314 g/mol. The number of aryl methyl sites for hydroxylation is 1. The summed E-state index contributed by atoms with van der Waals surface area (Å²) in [6, 6.07) is 1.65. The average Bonchev–Trinajstić information content (AvgIpc) is 2.77. The van der Waals surface area contributed by atoms with Crippen molar-refractivity contribution in [3.05, 3.63) is 35.4 Å². The van der Waals surface area contributed by atoms with Crippen molar-refractivity contribution in [3.63, 3.8) is 0 Å². The highest BCUT2D eigenvalue weighted by atomic mass is 32.2. The van der Waals surface area contributed by atoms with E-state index in [9.17, 15) is 17.6 Å². The zero-order valence-corrected chi connectivity index (χ0v) is 11.8. The highest BCUT2D eigenvalue weighted by Gasteiger charge is 2.23. The van der Waals surface area contributed by atoms with Crippen molar-refractivity contribution in [1.82, 2.24) is 14.8 Å². The molecule has 1 aromatic heterocycles. The van der Waals surface area contributed by atoms with Crippen molar-refractivity contribution < 1.29 is 22.7 Å². The van der Waals surface area contributed by atoms with Crippen LogP contribution in [0.1, 0.15) is 15.9 Å². The molecule has 21 heavy (non-hydrogen) atoms. The SMILES string of the molecule is Cc1c(F)cc(C(=O)O)cc1S(=O)(=O)Nc1ncnn1C. The maximum Gasteiger partial charge on any atom is 0.335 e. The molecule has 1 aromatic carbocycles. The van der Waals surface area contributed by atoms with E-state index in [1.54, 1.807) is 0 Å². The van der Waals surface area contributed by atoms with Crippen LogP contribution in [0.4, 0.5) is 10.3 Å². The molecule has 0 aliphatic heterocycles. The lowest BCUT2D eigenvalue weighted by Crippen LogP contribution is -2.18. The number of aromatic nitrogens is 3. The van der Waals surface area contributed by atoms with Gasteiger partial charge in [0.25, 0.3) is 10.0 Å². The van der Waals surface area contributed by atoms with Crippen molar-refractivity contribution >= 4 is 21.9 Å². The van der Waals surface area contributed by atoms with E-state index >= 15 is 0 Å². The second kappa shape index (κ2) is 5.13. The Morgan fingerprint density at radius 2 is 2.10 bits per heavy atom. The number of hydrogen-bond acceptors (Lipinski definition) is 5. The Labute approximate surface area is 119 Å². The van der Waals surface area contributed by atoms with Gasteiger partial charge >= 0.3 is 5.97 Å². The van der Waals surface area contributed by atoms with Crippen molar-refractivity contribution in [2.24, 2.45) is 7.05 Å². The van der Waals surface area contributed by atoms with Gasteiger partial charge in [-0.25, -0.2) is 27.0 Å². The fourth-order valence-electron chi connectivity index (χ4n) is 1.62. The lowest BCUT2D eigenvalue weighted by molar-refractivity contribution is 0.0696. The van der Waals surface area contributed by atoms with Gasteiger partial charge < -0.3 is 5.11 Å². The van der Waals surface area contributed by atoms with Crippen LogP contribution in [0.5, 0.6) is 0 Å². The molecule has 0 saturated carbocycles.